The largest absolute Gasteiger partial charge is 4.00 e. The van der Waals surface area contributed by atoms with Gasteiger partial charge in [-0.1, -0.05) is 26.7 Å². The summed E-state index contributed by atoms with van der Waals surface area (Å²) in [6.07, 6.45) is 3.52. The first-order valence-corrected chi connectivity index (χ1v) is 4.84. The van der Waals surface area contributed by atoms with Gasteiger partial charge in [0.2, 0.25) is 0 Å². The van der Waals surface area contributed by atoms with Gasteiger partial charge >= 0.3 is 91.6 Å². The van der Waals surface area contributed by atoms with E-state index >= 15 is 0 Å². The van der Waals surface area contributed by atoms with E-state index in [9.17, 15) is 9.90 Å². The summed E-state index contributed by atoms with van der Waals surface area (Å²) in [6, 6.07) is 0. The fourth-order valence-electron chi connectivity index (χ4n) is 0.939. The van der Waals surface area contributed by atoms with Crippen LogP contribution in [0.2, 0.25) is 0 Å². The van der Waals surface area contributed by atoms with Gasteiger partial charge in [0, 0.05) is 11.9 Å². The minimum absolute atomic E-state index is 0. The molecule has 0 aromatic heterocycles. The first-order valence-electron chi connectivity index (χ1n) is 4.84. The molecule has 0 aromatic carbocycles. The molecule has 0 radical (unpaired) electrons. The van der Waals surface area contributed by atoms with Crippen LogP contribution in [0.5, 0.6) is 0 Å². The first-order chi connectivity index (χ1) is 6.45. The number of aliphatic carboxylic acids is 2. The van der Waals surface area contributed by atoms with Gasteiger partial charge < -0.3 is 36.2 Å². The van der Waals surface area contributed by atoms with E-state index in [4.69, 9.17) is 9.90 Å². The number of carbonyl (C=O) groups excluding carboxylic acids is 2. The van der Waals surface area contributed by atoms with Crippen LogP contribution in [0.1, 0.15) is 46.5 Å². The molecule has 1 unspecified atom stereocenters. The second kappa shape index (κ2) is 37.3. The molecule has 0 aromatic rings. The van der Waals surface area contributed by atoms with Gasteiger partial charge in [0.1, 0.15) is 0 Å². The van der Waals surface area contributed by atoms with Gasteiger partial charge in [-0.25, -0.2) is 0 Å². The Hall–Kier alpha value is 1.91. The van der Waals surface area contributed by atoms with Gasteiger partial charge in [-0.05, 0) is 25.7 Å². The quantitative estimate of drug-likeness (QED) is 0.378. The smallest absolute Gasteiger partial charge is 0.550 e. The van der Waals surface area contributed by atoms with E-state index in [0.717, 1.165) is 26.2 Å². The van der Waals surface area contributed by atoms with Crippen LogP contribution in [0, 0.1) is 5.92 Å². The molecule has 0 aliphatic carbocycles. The van der Waals surface area contributed by atoms with E-state index < -0.39 is 11.9 Å². The molecular formula is C10H24O7Y2Zr+8. The Morgan fingerprint density at radius 3 is 1.45 bits per heavy atom. The molecule has 10 heteroatoms. The van der Waals surface area contributed by atoms with Gasteiger partial charge in [0.05, 0.1) is 0 Å². The standard InChI is InChI=1S/C8H16O2.C2H4O2.3H2O.2Y.Zr/c1-3-5-6-7(4-2)8(9)10;1-2(3)4;;;;;;/h7H,3-6H2,1-2H3,(H,9,10);1H3,(H,3,4);3*1H2;;;/q;;;;;2*+3;+4/p-2. The number of carboxylic acid groups (broad SMARTS) is 2. The number of hydrogen-bond acceptors (Lipinski definition) is 4. The second-order valence-corrected chi connectivity index (χ2v) is 3.06. The number of rotatable bonds is 5. The Kier molecular flexibility index (Phi) is 92.3. The van der Waals surface area contributed by atoms with E-state index in [1.54, 1.807) is 0 Å². The molecule has 0 spiro atoms. The average Bonchev–Trinajstić information content (AvgIpc) is 2.04. The third-order valence-electron chi connectivity index (χ3n) is 1.73. The molecule has 0 saturated heterocycles. The van der Waals surface area contributed by atoms with Crippen molar-refractivity contribution in [1.29, 1.82) is 0 Å². The van der Waals surface area contributed by atoms with Gasteiger partial charge in [-0.15, -0.1) is 0 Å². The van der Waals surface area contributed by atoms with E-state index in [1.807, 2.05) is 6.92 Å². The van der Waals surface area contributed by atoms with Crippen molar-refractivity contribution < 1.29 is 128 Å². The van der Waals surface area contributed by atoms with E-state index in [0.29, 0.717) is 6.42 Å². The second-order valence-electron chi connectivity index (χ2n) is 3.06. The number of carboxylic acids is 2. The molecule has 7 nitrogen and oxygen atoms in total. The summed E-state index contributed by atoms with van der Waals surface area (Å²) in [5.74, 6) is -2.20. The number of carbonyl (C=O) groups is 2. The van der Waals surface area contributed by atoms with Crippen molar-refractivity contribution in [3.63, 3.8) is 0 Å². The van der Waals surface area contributed by atoms with Crippen LogP contribution < -0.4 is 10.2 Å². The Morgan fingerprint density at radius 2 is 1.30 bits per heavy atom. The average molecular weight is 525 g/mol. The van der Waals surface area contributed by atoms with Crippen LogP contribution in [-0.4, -0.2) is 28.4 Å². The summed E-state index contributed by atoms with van der Waals surface area (Å²) in [4.78, 5) is 19.2. The van der Waals surface area contributed by atoms with Gasteiger partial charge in [0.25, 0.3) is 0 Å². The van der Waals surface area contributed by atoms with Gasteiger partial charge in [-0.2, -0.15) is 0 Å². The number of hydrogen-bond donors (Lipinski definition) is 0. The van der Waals surface area contributed by atoms with Crippen LogP contribution in [-0.2, 0) is 101 Å². The van der Waals surface area contributed by atoms with E-state index in [1.165, 1.54) is 0 Å². The third-order valence-corrected chi connectivity index (χ3v) is 1.73. The Morgan fingerprint density at radius 1 is 1.00 bits per heavy atom. The summed E-state index contributed by atoms with van der Waals surface area (Å²) >= 11 is 0. The number of unbranched alkanes of at least 4 members (excludes halogenated alkanes) is 1. The topological polar surface area (TPSA) is 175 Å². The van der Waals surface area contributed by atoms with Crippen molar-refractivity contribution in [1.82, 2.24) is 0 Å². The summed E-state index contributed by atoms with van der Waals surface area (Å²) in [5, 5.41) is 19.2. The predicted octanol–water partition coefficient (Wildman–Crippen LogP) is -2.77. The maximum Gasteiger partial charge on any atom is 4.00 e. The fraction of sp³-hybridized carbons (Fsp3) is 0.800. The molecule has 108 valence electrons. The molecule has 0 heterocycles. The van der Waals surface area contributed by atoms with Crippen molar-refractivity contribution in [3.8, 4) is 0 Å². The van der Waals surface area contributed by atoms with Crippen LogP contribution >= 0.6 is 0 Å². The van der Waals surface area contributed by atoms with Crippen molar-refractivity contribution in [2.45, 2.75) is 46.5 Å². The van der Waals surface area contributed by atoms with E-state index in [2.05, 4.69) is 6.92 Å². The van der Waals surface area contributed by atoms with Gasteiger partial charge in [-0.3, -0.25) is 0 Å². The Balaban J connectivity index is -0.0000000217. The minimum Gasteiger partial charge on any atom is -0.550 e. The molecule has 0 fully saturated rings. The summed E-state index contributed by atoms with van der Waals surface area (Å²) < 4.78 is 0. The molecule has 0 bridgehead atoms. The van der Waals surface area contributed by atoms with Crippen LogP contribution in [0.3, 0.4) is 0 Å². The maximum absolute atomic E-state index is 10.3. The molecular weight excluding hydrogens is 501 g/mol. The molecule has 0 rings (SSSR count). The van der Waals surface area contributed by atoms with Crippen LogP contribution in [0.25, 0.3) is 0 Å². The fourth-order valence-corrected chi connectivity index (χ4v) is 0.939. The maximum atomic E-state index is 10.3. The Labute approximate surface area is 189 Å². The molecule has 1 atom stereocenters. The van der Waals surface area contributed by atoms with Crippen molar-refractivity contribution in [2.75, 3.05) is 0 Å². The zero-order valence-electron chi connectivity index (χ0n) is 12.2. The summed E-state index contributed by atoms with van der Waals surface area (Å²) in [7, 11) is 0. The zero-order valence-corrected chi connectivity index (χ0v) is 20.3. The van der Waals surface area contributed by atoms with Crippen LogP contribution in [0.15, 0.2) is 0 Å². The molecule has 0 saturated carbocycles. The van der Waals surface area contributed by atoms with Crippen molar-refractivity contribution in [3.05, 3.63) is 0 Å². The van der Waals surface area contributed by atoms with Gasteiger partial charge in [0.15, 0.2) is 0 Å². The van der Waals surface area contributed by atoms with Crippen molar-refractivity contribution >= 4 is 11.9 Å². The summed E-state index contributed by atoms with van der Waals surface area (Å²) in [5.41, 5.74) is 0. The zero-order chi connectivity index (χ0) is 11.6. The molecule has 0 aliphatic heterocycles. The monoisotopic (exact) mass is 524 g/mol. The summed E-state index contributed by atoms with van der Waals surface area (Å²) in [6.45, 7) is 4.91. The van der Waals surface area contributed by atoms with E-state index in [-0.39, 0.29) is 114 Å². The third kappa shape index (κ3) is 50.2. The minimum atomic E-state index is -1.08. The molecule has 0 amide bonds. The predicted molar refractivity (Wildman–Crippen MR) is 59.8 cm³/mol. The Bertz CT molecular complexity index is 181. The normalized spacial score (nSPS) is 7.75. The van der Waals surface area contributed by atoms with Crippen LogP contribution in [0.4, 0.5) is 0 Å². The molecule has 6 N–H and O–H groups in total. The molecule has 0 aliphatic rings. The molecule has 20 heavy (non-hydrogen) atoms. The first kappa shape index (κ1) is 49.5. The van der Waals surface area contributed by atoms with Crippen molar-refractivity contribution in [2.24, 2.45) is 5.92 Å². The SMILES string of the molecule is CC(=O)[O-].CCCCC(CC)C(=O)[O-].O.O.O.[Y+3].[Y+3].[Zr+4].